The van der Waals surface area contributed by atoms with Crippen LogP contribution in [0.25, 0.3) is 10.2 Å². The number of methoxy groups -OCH3 is 1. The largest absolute Gasteiger partial charge is 0.497 e. The van der Waals surface area contributed by atoms with Crippen molar-refractivity contribution in [1.29, 1.82) is 0 Å². The van der Waals surface area contributed by atoms with E-state index in [1.807, 2.05) is 39.0 Å². The van der Waals surface area contributed by atoms with Crippen LogP contribution in [0.2, 0.25) is 0 Å². The SMILES string of the molecule is CCOC1CC(N)(C(=O)Nc2nc3ccc(OC)cc3s2)C1(C)C. The molecular formula is C17H23N3O3S. The van der Waals surface area contributed by atoms with Crippen LogP contribution in [0, 0.1) is 5.41 Å². The smallest absolute Gasteiger partial charge is 0.246 e. The van der Waals surface area contributed by atoms with E-state index in [1.165, 1.54) is 11.3 Å². The van der Waals surface area contributed by atoms with E-state index in [1.54, 1.807) is 7.11 Å². The highest BCUT2D eigenvalue weighted by molar-refractivity contribution is 7.22. The molecule has 6 nitrogen and oxygen atoms in total. The lowest BCUT2D eigenvalue weighted by molar-refractivity contribution is -0.166. The quantitative estimate of drug-likeness (QED) is 0.867. The maximum atomic E-state index is 12.7. The Labute approximate surface area is 145 Å². The monoisotopic (exact) mass is 349 g/mol. The van der Waals surface area contributed by atoms with E-state index in [4.69, 9.17) is 15.2 Å². The van der Waals surface area contributed by atoms with Crippen LogP contribution < -0.4 is 15.8 Å². The molecule has 2 atom stereocenters. The van der Waals surface area contributed by atoms with Gasteiger partial charge in [0.25, 0.3) is 0 Å². The van der Waals surface area contributed by atoms with Crippen LogP contribution in [0.15, 0.2) is 18.2 Å². The number of thiazole rings is 1. The minimum atomic E-state index is -0.956. The second-order valence-corrected chi connectivity index (χ2v) is 7.68. The number of carbonyl (C=O) groups is 1. The van der Waals surface area contributed by atoms with Crippen LogP contribution in [0.3, 0.4) is 0 Å². The van der Waals surface area contributed by atoms with E-state index in [0.717, 1.165) is 16.0 Å². The van der Waals surface area contributed by atoms with Gasteiger partial charge in [0.1, 0.15) is 11.3 Å². The molecule has 0 spiro atoms. The number of ether oxygens (including phenoxy) is 2. The van der Waals surface area contributed by atoms with Crippen molar-refractivity contribution in [2.24, 2.45) is 11.1 Å². The lowest BCUT2D eigenvalue weighted by atomic mass is 9.54. The molecular weight excluding hydrogens is 326 g/mol. The van der Waals surface area contributed by atoms with Gasteiger partial charge in [-0.15, -0.1) is 0 Å². The first kappa shape index (κ1) is 17.1. The van der Waals surface area contributed by atoms with E-state index in [0.29, 0.717) is 18.2 Å². The fourth-order valence-electron chi connectivity index (χ4n) is 3.11. The number of rotatable bonds is 5. The highest BCUT2D eigenvalue weighted by atomic mass is 32.1. The third kappa shape index (κ3) is 2.56. The molecule has 7 heteroatoms. The molecule has 2 unspecified atom stereocenters. The first-order valence-electron chi connectivity index (χ1n) is 7.98. The zero-order valence-electron chi connectivity index (χ0n) is 14.4. The van der Waals surface area contributed by atoms with Crippen molar-refractivity contribution in [3.05, 3.63) is 18.2 Å². The minimum absolute atomic E-state index is 0.00196. The van der Waals surface area contributed by atoms with Gasteiger partial charge >= 0.3 is 0 Å². The molecule has 130 valence electrons. The van der Waals surface area contributed by atoms with Crippen molar-refractivity contribution in [2.75, 3.05) is 19.0 Å². The Morgan fingerprint density at radius 3 is 2.88 bits per heavy atom. The predicted octanol–water partition coefficient (Wildman–Crippen LogP) is 2.78. The Hall–Kier alpha value is -1.70. The van der Waals surface area contributed by atoms with Crippen molar-refractivity contribution in [3.8, 4) is 5.75 Å². The van der Waals surface area contributed by atoms with Gasteiger partial charge in [-0.2, -0.15) is 0 Å². The molecule has 2 aromatic rings. The molecule has 1 heterocycles. The molecule has 3 rings (SSSR count). The summed E-state index contributed by atoms with van der Waals surface area (Å²) >= 11 is 1.41. The van der Waals surface area contributed by atoms with E-state index in [2.05, 4.69) is 10.3 Å². The van der Waals surface area contributed by atoms with Gasteiger partial charge < -0.3 is 20.5 Å². The van der Waals surface area contributed by atoms with E-state index in [9.17, 15) is 4.79 Å². The van der Waals surface area contributed by atoms with Crippen molar-refractivity contribution in [1.82, 2.24) is 4.98 Å². The van der Waals surface area contributed by atoms with Gasteiger partial charge in [-0.05, 0) is 25.1 Å². The first-order chi connectivity index (χ1) is 11.3. The molecule has 1 aliphatic rings. The molecule has 3 N–H and O–H groups in total. The van der Waals surface area contributed by atoms with Crippen molar-refractivity contribution < 1.29 is 14.3 Å². The van der Waals surface area contributed by atoms with Crippen LogP contribution >= 0.6 is 11.3 Å². The molecule has 24 heavy (non-hydrogen) atoms. The summed E-state index contributed by atoms with van der Waals surface area (Å²) in [6.45, 7) is 6.51. The lowest BCUT2D eigenvalue weighted by Crippen LogP contribution is -2.74. The van der Waals surface area contributed by atoms with Gasteiger partial charge in [0, 0.05) is 18.4 Å². The van der Waals surface area contributed by atoms with Crippen molar-refractivity contribution >= 4 is 32.6 Å². The summed E-state index contributed by atoms with van der Waals surface area (Å²) in [5, 5.41) is 3.42. The first-order valence-corrected chi connectivity index (χ1v) is 8.80. The normalized spacial score (nSPS) is 25.3. The molecule has 0 saturated heterocycles. The summed E-state index contributed by atoms with van der Waals surface area (Å²) in [4.78, 5) is 17.2. The maximum absolute atomic E-state index is 12.7. The summed E-state index contributed by atoms with van der Waals surface area (Å²) < 4.78 is 11.8. The Kier molecular flexibility index (Phi) is 4.27. The average Bonchev–Trinajstić information content (AvgIpc) is 2.95. The molecule has 1 aliphatic carbocycles. The van der Waals surface area contributed by atoms with Crippen LogP contribution in [-0.4, -0.2) is 36.3 Å². The zero-order chi connectivity index (χ0) is 17.5. The van der Waals surface area contributed by atoms with Crippen LogP contribution in [0.5, 0.6) is 5.75 Å². The van der Waals surface area contributed by atoms with Crippen LogP contribution in [0.4, 0.5) is 5.13 Å². The highest BCUT2D eigenvalue weighted by Crippen LogP contribution is 2.50. The van der Waals surface area contributed by atoms with E-state index in [-0.39, 0.29) is 12.0 Å². The van der Waals surface area contributed by atoms with Crippen molar-refractivity contribution in [2.45, 2.75) is 38.8 Å². The Balaban J connectivity index is 1.78. The Morgan fingerprint density at radius 2 is 2.25 bits per heavy atom. The summed E-state index contributed by atoms with van der Waals surface area (Å²) in [5.74, 6) is 0.550. The summed E-state index contributed by atoms with van der Waals surface area (Å²) in [6.07, 6.45) is 0.510. The molecule has 0 radical (unpaired) electrons. The molecule has 1 aromatic carbocycles. The fourth-order valence-corrected chi connectivity index (χ4v) is 4.00. The van der Waals surface area contributed by atoms with Gasteiger partial charge in [-0.3, -0.25) is 4.79 Å². The van der Waals surface area contributed by atoms with Gasteiger partial charge in [0.15, 0.2) is 5.13 Å². The number of fused-ring (bicyclic) bond motifs is 1. The number of carbonyl (C=O) groups excluding carboxylic acids is 1. The summed E-state index contributed by atoms with van der Waals surface area (Å²) in [5.41, 5.74) is 5.84. The number of aromatic nitrogens is 1. The minimum Gasteiger partial charge on any atom is -0.497 e. The number of hydrogen-bond acceptors (Lipinski definition) is 6. The Bertz CT molecular complexity index is 774. The lowest BCUT2D eigenvalue weighted by Gasteiger charge is -2.57. The average molecular weight is 349 g/mol. The predicted molar refractivity (Wildman–Crippen MR) is 95.5 cm³/mol. The molecule has 1 amide bonds. The molecule has 1 aromatic heterocycles. The maximum Gasteiger partial charge on any atom is 0.246 e. The molecule has 1 fully saturated rings. The summed E-state index contributed by atoms with van der Waals surface area (Å²) in [6, 6.07) is 5.62. The van der Waals surface area contributed by atoms with Crippen LogP contribution in [-0.2, 0) is 9.53 Å². The van der Waals surface area contributed by atoms with E-state index < -0.39 is 11.0 Å². The topological polar surface area (TPSA) is 86.5 Å². The highest BCUT2D eigenvalue weighted by Gasteiger charge is 2.63. The fraction of sp³-hybridized carbons (Fsp3) is 0.529. The van der Waals surface area contributed by atoms with Gasteiger partial charge in [0.2, 0.25) is 5.91 Å². The van der Waals surface area contributed by atoms with Crippen LogP contribution in [0.1, 0.15) is 27.2 Å². The third-order valence-electron chi connectivity index (χ3n) is 5.05. The second kappa shape index (κ2) is 5.98. The number of hydrogen-bond donors (Lipinski definition) is 2. The standard InChI is InChI=1S/C17H23N3O3S/c1-5-23-13-9-17(18,16(13,2)3)14(21)20-15-19-11-7-6-10(22-4)8-12(11)24-15/h6-8,13H,5,9,18H2,1-4H3,(H,19,20,21). The summed E-state index contributed by atoms with van der Waals surface area (Å²) in [7, 11) is 1.62. The van der Waals surface area contributed by atoms with Gasteiger partial charge in [-0.1, -0.05) is 25.2 Å². The number of nitrogens with one attached hydrogen (secondary N) is 1. The van der Waals surface area contributed by atoms with Gasteiger partial charge in [-0.25, -0.2) is 4.98 Å². The molecule has 0 bridgehead atoms. The van der Waals surface area contributed by atoms with Crippen molar-refractivity contribution in [3.63, 3.8) is 0 Å². The number of anilines is 1. The molecule has 1 saturated carbocycles. The molecule has 0 aliphatic heterocycles. The van der Waals surface area contributed by atoms with Gasteiger partial charge in [0.05, 0.1) is 23.4 Å². The Morgan fingerprint density at radius 1 is 1.50 bits per heavy atom. The second-order valence-electron chi connectivity index (χ2n) is 6.65. The number of nitrogens with two attached hydrogens (primary N) is 1. The van der Waals surface area contributed by atoms with E-state index >= 15 is 0 Å². The number of nitrogens with zero attached hydrogens (tertiary/aromatic N) is 1. The zero-order valence-corrected chi connectivity index (χ0v) is 15.2. The number of benzene rings is 1. The third-order valence-corrected chi connectivity index (χ3v) is 5.98. The number of amides is 1.